The Balaban J connectivity index is 3.44. The van der Waals surface area contributed by atoms with Crippen LogP contribution in [0.4, 0.5) is 0 Å². The standard InChI is InChI=1S/C8H9BrINO2S/c1-10-7-3-2-6(5-9)8(4-7)14(11,12)13/h2-4H,1,5H2,(H2,11,12,13). The molecule has 0 atom stereocenters. The molecule has 0 aliphatic heterocycles. The monoisotopic (exact) mass is 389 g/mol. The number of alkyl halides is 1. The third-order valence-corrected chi connectivity index (χ3v) is 4.78. The molecule has 0 aromatic heterocycles. The van der Waals surface area contributed by atoms with Gasteiger partial charge in [0.2, 0.25) is 10.0 Å². The van der Waals surface area contributed by atoms with Crippen LogP contribution < -0.4 is 5.14 Å². The second kappa shape index (κ2) is 4.82. The van der Waals surface area contributed by atoms with Gasteiger partial charge in [-0.25, -0.2) is 13.6 Å². The summed E-state index contributed by atoms with van der Waals surface area (Å²) in [6.45, 7) is 0. The molecule has 1 aromatic rings. The second-order valence-corrected chi connectivity index (χ2v) is 6.66. The van der Waals surface area contributed by atoms with E-state index < -0.39 is 10.0 Å². The molecule has 0 spiro atoms. The Kier molecular flexibility index (Phi) is 4.23. The molecule has 0 fully saturated rings. The lowest BCUT2D eigenvalue weighted by molar-refractivity contribution is 0.597. The van der Waals surface area contributed by atoms with Crippen molar-refractivity contribution in [3.05, 3.63) is 27.3 Å². The van der Waals surface area contributed by atoms with Crippen molar-refractivity contribution in [2.75, 3.05) is 0 Å². The molecule has 0 saturated carbocycles. The predicted molar refractivity (Wildman–Crippen MR) is 70.3 cm³/mol. The van der Waals surface area contributed by atoms with Crippen molar-refractivity contribution in [2.45, 2.75) is 10.2 Å². The van der Waals surface area contributed by atoms with Gasteiger partial charge in [-0.1, -0.05) is 47.2 Å². The fourth-order valence-corrected chi connectivity index (χ4v) is 3.64. The zero-order valence-electron chi connectivity index (χ0n) is 7.20. The van der Waals surface area contributed by atoms with E-state index in [9.17, 15) is 8.42 Å². The first-order chi connectivity index (χ1) is 6.49. The highest BCUT2D eigenvalue weighted by Crippen LogP contribution is 2.21. The Bertz CT molecular complexity index is 458. The number of hydrogen-bond acceptors (Lipinski definition) is 2. The summed E-state index contributed by atoms with van der Waals surface area (Å²) >= 11 is 2.86. The molecule has 0 aliphatic rings. The molecule has 0 bridgehead atoms. The largest absolute Gasteiger partial charge is 0.238 e. The topological polar surface area (TPSA) is 60.2 Å². The number of rotatable bonds is 3. The molecule has 2 N–H and O–H groups in total. The molecular formula is C8H9BrINO2S. The van der Waals surface area contributed by atoms with Crippen molar-refractivity contribution < 1.29 is 8.42 Å². The highest BCUT2D eigenvalue weighted by Gasteiger charge is 2.13. The van der Waals surface area contributed by atoms with Crippen LogP contribution in [0.1, 0.15) is 5.56 Å². The van der Waals surface area contributed by atoms with Crippen LogP contribution in [0.25, 0.3) is 0 Å². The summed E-state index contributed by atoms with van der Waals surface area (Å²) in [5, 5.41) is 5.58. The van der Waals surface area contributed by atoms with Crippen LogP contribution in [0.3, 0.4) is 0 Å². The van der Waals surface area contributed by atoms with Gasteiger partial charge in [0.1, 0.15) is 0 Å². The van der Waals surface area contributed by atoms with E-state index in [4.69, 9.17) is 5.14 Å². The SMILES string of the molecule is C=Ic1ccc(CBr)c(S(N)(=O)=O)c1. The van der Waals surface area contributed by atoms with Crippen molar-refractivity contribution in [1.82, 2.24) is 0 Å². The van der Waals surface area contributed by atoms with Crippen molar-refractivity contribution >= 4 is 51.2 Å². The van der Waals surface area contributed by atoms with E-state index in [2.05, 4.69) is 20.4 Å². The molecule has 0 heterocycles. The van der Waals surface area contributed by atoms with Crippen molar-refractivity contribution in [3.8, 4) is 0 Å². The third kappa shape index (κ3) is 2.85. The second-order valence-electron chi connectivity index (χ2n) is 2.56. The smallest absolute Gasteiger partial charge is 0.225 e. The number of sulfonamides is 1. The Hall–Kier alpha value is 0.210. The summed E-state index contributed by atoms with van der Waals surface area (Å²) in [4.78, 5) is 0.204. The maximum atomic E-state index is 11.2. The maximum Gasteiger partial charge on any atom is 0.238 e. The van der Waals surface area contributed by atoms with Crippen molar-refractivity contribution in [3.63, 3.8) is 0 Å². The molecule has 6 heteroatoms. The molecule has 0 saturated heterocycles. The van der Waals surface area contributed by atoms with Gasteiger partial charge >= 0.3 is 0 Å². The van der Waals surface area contributed by atoms with E-state index in [1.807, 2.05) is 6.07 Å². The van der Waals surface area contributed by atoms with Gasteiger partial charge in [0, 0.05) is 8.90 Å². The van der Waals surface area contributed by atoms with Gasteiger partial charge in [-0.05, 0) is 17.7 Å². The van der Waals surface area contributed by atoms with Crippen LogP contribution >= 0.6 is 36.7 Å². The summed E-state index contributed by atoms with van der Waals surface area (Å²) in [5.74, 6) is 0. The van der Waals surface area contributed by atoms with Gasteiger partial charge in [0.25, 0.3) is 0 Å². The Labute approximate surface area is 102 Å². The van der Waals surface area contributed by atoms with Gasteiger partial charge in [-0.3, -0.25) is 0 Å². The molecule has 0 unspecified atom stereocenters. The lowest BCUT2D eigenvalue weighted by atomic mass is 10.2. The molecule has 0 aliphatic carbocycles. The fourth-order valence-electron chi connectivity index (χ4n) is 0.987. The summed E-state index contributed by atoms with van der Waals surface area (Å²) in [5.41, 5.74) is 0.689. The first kappa shape index (κ1) is 12.3. The lowest BCUT2D eigenvalue weighted by Crippen LogP contribution is -2.14. The molecule has 1 rings (SSSR count). The fraction of sp³-hybridized carbons (Fsp3) is 0.125. The van der Waals surface area contributed by atoms with Gasteiger partial charge < -0.3 is 0 Å². The van der Waals surface area contributed by atoms with Crippen LogP contribution in [0.15, 0.2) is 23.1 Å². The maximum absolute atomic E-state index is 11.2. The average Bonchev–Trinajstić information content (AvgIpc) is 2.15. The molecular weight excluding hydrogens is 381 g/mol. The van der Waals surface area contributed by atoms with E-state index in [1.165, 1.54) is 0 Å². The predicted octanol–water partition coefficient (Wildman–Crippen LogP) is 1.80. The first-order valence-corrected chi connectivity index (χ1v) is 8.86. The van der Waals surface area contributed by atoms with Crippen LogP contribution in [0.2, 0.25) is 0 Å². The van der Waals surface area contributed by atoms with E-state index in [0.717, 1.165) is 3.57 Å². The Morgan fingerprint density at radius 3 is 2.57 bits per heavy atom. The Morgan fingerprint density at radius 1 is 1.50 bits per heavy atom. The number of benzene rings is 1. The summed E-state index contributed by atoms with van der Waals surface area (Å²) in [6.07, 6.45) is 0. The third-order valence-electron chi connectivity index (χ3n) is 1.63. The molecule has 0 radical (unpaired) electrons. The van der Waals surface area contributed by atoms with Crippen LogP contribution in [0.5, 0.6) is 0 Å². The number of nitrogens with two attached hydrogens (primary N) is 1. The summed E-state index contributed by atoms with van der Waals surface area (Å²) in [6, 6.07) is 5.28. The minimum atomic E-state index is -3.62. The minimum absolute atomic E-state index is 0.204. The lowest BCUT2D eigenvalue weighted by Gasteiger charge is -2.05. The highest BCUT2D eigenvalue weighted by molar-refractivity contribution is 14.2. The van der Waals surface area contributed by atoms with Crippen LogP contribution in [-0.4, -0.2) is 12.9 Å². The van der Waals surface area contributed by atoms with E-state index in [1.54, 1.807) is 12.1 Å². The molecule has 78 valence electrons. The zero-order valence-corrected chi connectivity index (χ0v) is 11.8. The van der Waals surface area contributed by atoms with Crippen LogP contribution in [-0.2, 0) is 15.4 Å². The number of primary sulfonamides is 1. The number of halogens is 2. The molecule has 14 heavy (non-hydrogen) atoms. The molecule has 0 amide bonds. The quantitative estimate of drug-likeness (QED) is 0.633. The van der Waals surface area contributed by atoms with Crippen molar-refractivity contribution in [1.29, 1.82) is 0 Å². The van der Waals surface area contributed by atoms with Gasteiger partial charge in [-0.15, -0.1) is 0 Å². The molecule has 1 aromatic carbocycles. The minimum Gasteiger partial charge on any atom is -0.225 e. The van der Waals surface area contributed by atoms with Crippen LogP contribution in [0, 0.1) is 3.57 Å². The normalized spacial score (nSPS) is 11.6. The summed E-state index contributed by atoms with van der Waals surface area (Å²) in [7, 11) is -3.62. The van der Waals surface area contributed by atoms with E-state index in [0.29, 0.717) is 10.9 Å². The van der Waals surface area contributed by atoms with Crippen molar-refractivity contribution in [2.24, 2.45) is 5.14 Å². The number of hydrogen-bond donors (Lipinski definition) is 1. The summed E-state index contributed by atoms with van der Waals surface area (Å²) < 4.78 is 27.2. The molecule has 3 nitrogen and oxygen atoms in total. The first-order valence-electron chi connectivity index (χ1n) is 3.59. The Morgan fingerprint density at radius 2 is 2.14 bits per heavy atom. The average molecular weight is 390 g/mol. The van der Waals surface area contributed by atoms with Gasteiger partial charge in [0.05, 0.1) is 4.90 Å². The van der Waals surface area contributed by atoms with Gasteiger partial charge in [-0.2, -0.15) is 0 Å². The van der Waals surface area contributed by atoms with Gasteiger partial charge in [0.15, 0.2) is 0 Å². The zero-order chi connectivity index (χ0) is 10.8. The highest BCUT2D eigenvalue weighted by atomic mass is 127. The van der Waals surface area contributed by atoms with E-state index in [-0.39, 0.29) is 25.6 Å². The van der Waals surface area contributed by atoms with E-state index >= 15 is 0 Å².